The van der Waals surface area contributed by atoms with Crippen molar-refractivity contribution < 1.29 is 13.9 Å². The minimum Gasteiger partial charge on any atom is -0.497 e. The molecule has 0 spiro atoms. The lowest BCUT2D eigenvalue weighted by molar-refractivity contribution is 0.102. The Morgan fingerprint density at radius 2 is 1.80 bits per heavy atom. The molecule has 0 aliphatic rings. The first-order valence-electron chi connectivity index (χ1n) is 9.45. The first-order chi connectivity index (χ1) is 14.6. The fourth-order valence-corrected chi connectivity index (χ4v) is 3.99. The van der Waals surface area contributed by atoms with Crippen LogP contribution in [-0.4, -0.2) is 33.4 Å². The first-order valence-corrected chi connectivity index (χ1v) is 10.4. The molecule has 0 atom stereocenters. The second-order valence-electron chi connectivity index (χ2n) is 6.77. The number of aryl methyl sites for hydroxylation is 1. The maximum atomic E-state index is 12.8. The number of para-hydroxylation sites is 1. The van der Waals surface area contributed by atoms with Crippen molar-refractivity contribution in [2.24, 2.45) is 0 Å². The number of ketones is 1. The van der Waals surface area contributed by atoms with E-state index >= 15 is 0 Å². The van der Waals surface area contributed by atoms with Crippen LogP contribution in [0.15, 0.2) is 70.3 Å². The number of carbonyl (C=O) groups excluding carboxylic acids is 1. The fraction of sp³-hybridized carbons (Fsp3) is 0.174. The number of benzene rings is 2. The maximum absolute atomic E-state index is 12.8. The number of thioether (sulfide) groups is 1. The molecule has 0 saturated heterocycles. The molecule has 0 fully saturated rings. The van der Waals surface area contributed by atoms with E-state index in [0.717, 1.165) is 28.4 Å². The summed E-state index contributed by atoms with van der Waals surface area (Å²) in [6, 6.07) is 19.3. The van der Waals surface area contributed by atoms with Gasteiger partial charge in [-0.15, -0.1) is 10.2 Å². The number of Topliss-reactive ketones (excluding diaryl/α,β-unsaturated/α-hetero) is 1. The lowest BCUT2D eigenvalue weighted by Crippen LogP contribution is -2.05. The third kappa shape index (κ3) is 4.02. The monoisotopic (exact) mass is 419 g/mol. The highest BCUT2D eigenvalue weighted by molar-refractivity contribution is 7.99. The van der Waals surface area contributed by atoms with Crippen molar-refractivity contribution in [3.8, 4) is 22.9 Å². The average molecular weight is 420 g/mol. The molecule has 0 aliphatic carbocycles. The van der Waals surface area contributed by atoms with Gasteiger partial charge in [0.1, 0.15) is 5.75 Å². The van der Waals surface area contributed by atoms with E-state index in [4.69, 9.17) is 9.15 Å². The van der Waals surface area contributed by atoms with Crippen molar-refractivity contribution in [1.82, 2.24) is 14.8 Å². The third-order valence-electron chi connectivity index (χ3n) is 4.82. The van der Waals surface area contributed by atoms with Crippen LogP contribution in [0.4, 0.5) is 0 Å². The second kappa shape index (κ2) is 8.59. The van der Waals surface area contributed by atoms with E-state index in [-0.39, 0.29) is 11.5 Å². The van der Waals surface area contributed by atoms with Crippen LogP contribution >= 0.6 is 11.8 Å². The van der Waals surface area contributed by atoms with Crippen molar-refractivity contribution >= 4 is 17.5 Å². The van der Waals surface area contributed by atoms with Crippen LogP contribution in [0.25, 0.3) is 17.1 Å². The molecule has 4 aromatic rings. The summed E-state index contributed by atoms with van der Waals surface area (Å²) in [5.74, 6) is 1.42. The summed E-state index contributed by atoms with van der Waals surface area (Å²) < 4.78 is 12.9. The molecule has 0 N–H and O–H groups in total. The molecule has 7 heteroatoms. The van der Waals surface area contributed by atoms with Crippen LogP contribution in [0.3, 0.4) is 0 Å². The smallest absolute Gasteiger partial charge is 0.277 e. The van der Waals surface area contributed by atoms with E-state index in [2.05, 4.69) is 14.8 Å². The molecule has 0 amide bonds. The quantitative estimate of drug-likeness (QED) is 0.306. The van der Waals surface area contributed by atoms with Crippen LogP contribution in [0.5, 0.6) is 5.75 Å². The molecule has 30 heavy (non-hydrogen) atoms. The zero-order valence-corrected chi connectivity index (χ0v) is 17.8. The number of methoxy groups -OCH3 is 1. The highest BCUT2D eigenvalue weighted by Crippen LogP contribution is 2.27. The van der Waals surface area contributed by atoms with Crippen molar-refractivity contribution in [1.29, 1.82) is 0 Å². The lowest BCUT2D eigenvalue weighted by Gasteiger charge is -2.09. The molecule has 0 radical (unpaired) electrons. The van der Waals surface area contributed by atoms with Gasteiger partial charge >= 0.3 is 0 Å². The van der Waals surface area contributed by atoms with Crippen LogP contribution in [-0.2, 0) is 0 Å². The van der Waals surface area contributed by atoms with Gasteiger partial charge in [-0.1, -0.05) is 30.0 Å². The Morgan fingerprint density at radius 3 is 2.50 bits per heavy atom. The van der Waals surface area contributed by atoms with Gasteiger partial charge in [0.15, 0.2) is 5.78 Å². The molecular weight excluding hydrogens is 398 g/mol. The zero-order valence-electron chi connectivity index (χ0n) is 17.0. The molecule has 6 nitrogen and oxygen atoms in total. The number of carbonyl (C=O) groups is 1. The van der Waals surface area contributed by atoms with E-state index in [1.54, 1.807) is 7.11 Å². The maximum Gasteiger partial charge on any atom is 0.277 e. The van der Waals surface area contributed by atoms with Gasteiger partial charge in [0.25, 0.3) is 5.22 Å². The van der Waals surface area contributed by atoms with Crippen LogP contribution in [0, 0.1) is 13.8 Å². The summed E-state index contributed by atoms with van der Waals surface area (Å²) in [5, 5.41) is 8.49. The van der Waals surface area contributed by atoms with Gasteiger partial charge in [-0.2, -0.15) is 0 Å². The van der Waals surface area contributed by atoms with Crippen molar-refractivity contribution in [2.45, 2.75) is 19.1 Å². The summed E-state index contributed by atoms with van der Waals surface area (Å²) >= 11 is 1.24. The van der Waals surface area contributed by atoms with Crippen LogP contribution in [0.2, 0.25) is 0 Å². The fourth-order valence-electron chi connectivity index (χ4n) is 3.34. The summed E-state index contributed by atoms with van der Waals surface area (Å²) in [6.07, 6.45) is 0. The van der Waals surface area contributed by atoms with Gasteiger partial charge in [0, 0.05) is 28.2 Å². The number of nitrogens with zero attached hydrogens (tertiary/aromatic N) is 3. The molecule has 0 bridgehead atoms. The van der Waals surface area contributed by atoms with E-state index in [9.17, 15) is 4.79 Å². The van der Waals surface area contributed by atoms with Crippen molar-refractivity contribution in [2.75, 3.05) is 12.9 Å². The number of aromatic nitrogens is 3. The third-order valence-corrected chi connectivity index (χ3v) is 5.63. The highest BCUT2D eigenvalue weighted by atomic mass is 32.2. The van der Waals surface area contributed by atoms with Gasteiger partial charge in [-0.25, -0.2) is 0 Å². The normalized spacial score (nSPS) is 10.9. The minimum atomic E-state index is 0.0273. The predicted octanol–water partition coefficient (Wildman–Crippen LogP) is 5.13. The van der Waals surface area contributed by atoms with Gasteiger partial charge in [-0.3, -0.25) is 4.79 Å². The Morgan fingerprint density at radius 1 is 1.07 bits per heavy atom. The predicted molar refractivity (Wildman–Crippen MR) is 117 cm³/mol. The van der Waals surface area contributed by atoms with E-state index in [0.29, 0.717) is 16.7 Å². The Bertz CT molecular complexity index is 1160. The Kier molecular flexibility index (Phi) is 5.72. The Labute approximate surface area is 178 Å². The first kappa shape index (κ1) is 20.0. The molecule has 0 saturated carbocycles. The molecule has 2 aromatic heterocycles. The molecule has 2 heterocycles. The molecule has 152 valence electrons. The van der Waals surface area contributed by atoms with Gasteiger partial charge in [0.2, 0.25) is 5.89 Å². The Balaban J connectivity index is 1.46. The van der Waals surface area contributed by atoms with Crippen LogP contribution < -0.4 is 4.74 Å². The number of ether oxygens (including phenoxy) is 1. The highest BCUT2D eigenvalue weighted by Gasteiger charge is 2.18. The Hall–Kier alpha value is -3.32. The van der Waals surface area contributed by atoms with Crippen molar-refractivity contribution in [3.63, 3.8) is 0 Å². The second-order valence-corrected chi connectivity index (χ2v) is 7.70. The summed E-state index contributed by atoms with van der Waals surface area (Å²) in [6.45, 7) is 3.97. The van der Waals surface area contributed by atoms with E-state index in [1.807, 2.05) is 74.5 Å². The summed E-state index contributed by atoms with van der Waals surface area (Å²) in [4.78, 5) is 12.8. The average Bonchev–Trinajstić information content (AvgIpc) is 3.37. The molecular formula is C23H21N3O3S. The molecule has 0 aliphatic heterocycles. The molecule has 4 rings (SSSR count). The minimum absolute atomic E-state index is 0.0273. The zero-order chi connectivity index (χ0) is 21.1. The van der Waals surface area contributed by atoms with Crippen molar-refractivity contribution in [3.05, 3.63) is 77.6 Å². The van der Waals surface area contributed by atoms with E-state index in [1.165, 1.54) is 11.8 Å². The van der Waals surface area contributed by atoms with Gasteiger partial charge < -0.3 is 13.7 Å². The standard InChI is InChI=1S/C23H21N3O3S/c1-15-13-20(16(2)26(15)18-7-5-4-6-8-18)21(27)14-30-23-25-24-22(29-23)17-9-11-19(28-3)12-10-17/h4-13H,14H2,1-3H3. The summed E-state index contributed by atoms with van der Waals surface area (Å²) in [5.41, 5.74) is 4.49. The molecule has 2 aromatic carbocycles. The SMILES string of the molecule is COc1ccc(-c2nnc(SCC(=O)c3cc(C)n(-c4ccccc4)c3C)o2)cc1. The number of hydrogen-bond donors (Lipinski definition) is 0. The number of hydrogen-bond acceptors (Lipinski definition) is 6. The number of rotatable bonds is 7. The van der Waals surface area contributed by atoms with Gasteiger partial charge in [-0.05, 0) is 56.3 Å². The molecule has 0 unspecified atom stereocenters. The largest absolute Gasteiger partial charge is 0.497 e. The van der Waals surface area contributed by atoms with Crippen LogP contribution in [0.1, 0.15) is 21.7 Å². The topological polar surface area (TPSA) is 70.2 Å². The van der Waals surface area contributed by atoms with E-state index < -0.39 is 0 Å². The van der Waals surface area contributed by atoms with Gasteiger partial charge in [0.05, 0.1) is 12.9 Å². The lowest BCUT2D eigenvalue weighted by atomic mass is 10.2. The summed E-state index contributed by atoms with van der Waals surface area (Å²) in [7, 11) is 1.62.